The molecule has 0 atom stereocenters. The summed E-state index contributed by atoms with van der Waals surface area (Å²) in [6.45, 7) is 8.01. The number of nitrogens with zero attached hydrogens (tertiary/aromatic N) is 1. The maximum absolute atomic E-state index is 12.4. The van der Waals surface area contributed by atoms with Gasteiger partial charge in [-0.15, -0.1) is 11.8 Å². The standard InChI is InChI=1S/C17H23N3O2S/c1-11-14(12(2)22-20-11)9-23-15-8-6-5-7-13(15)16(21)19-10-17(3,4)18/h5-8H,9-10,18H2,1-4H3,(H,19,21). The predicted octanol–water partition coefficient (Wildman–Crippen LogP) is 3.05. The third-order valence-electron chi connectivity index (χ3n) is 3.39. The number of amides is 1. The number of carbonyl (C=O) groups excluding carboxylic acids is 1. The highest BCUT2D eigenvalue weighted by Crippen LogP contribution is 2.28. The van der Waals surface area contributed by atoms with E-state index in [4.69, 9.17) is 10.3 Å². The van der Waals surface area contributed by atoms with E-state index in [-0.39, 0.29) is 5.91 Å². The van der Waals surface area contributed by atoms with E-state index in [1.807, 2.05) is 52.0 Å². The Balaban J connectivity index is 2.10. The van der Waals surface area contributed by atoms with E-state index in [9.17, 15) is 4.79 Å². The van der Waals surface area contributed by atoms with E-state index in [1.165, 1.54) is 0 Å². The zero-order valence-electron chi connectivity index (χ0n) is 14.0. The van der Waals surface area contributed by atoms with Crippen LogP contribution in [0.5, 0.6) is 0 Å². The van der Waals surface area contributed by atoms with Crippen molar-refractivity contribution < 1.29 is 9.32 Å². The Morgan fingerprint density at radius 1 is 1.35 bits per heavy atom. The molecule has 0 aliphatic heterocycles. The van der Waals surface area contributed by atoms with Gasteiger partial charge in [-0.3, -0.25) is 4.79 Å². The molecule has 0 saturated heterocycles. The molecule has 0 aliphatic rings. The molecule has 0 spiro atoms. The van der Waals surface area contributed by atoms with Gasteiger partial charge in [0.25, 0.3) is 5.91 Å². The Hall–Kier alpha value is -1.79. The smallest absolute Gasteiger partial charge is 0.252 e. The average Bonchev–Trinajstić information content (AvgIpc) is 2.81. The van der Waals surface area contributed by atoms with Crippen LogP contribution in [0.4, 0.5) is 0 Å². The van der Waals surface area contributed by atoms with Crippen LogP contribution in [0.3, 0.4) is 0 Å². The number of nitrogens with one attached hydrogen (secondary N) is 1. The number of hydrogen-bond acceptors (Lipinski definition) is 5. The van der Waals surface area contributed by atoms with Crippen LogP contribution in [0, 0.1) is 13.8 Å². The van der Waals surface area contributed by atoms with Crippen molar-refractivity contribution in [3.8, 4) is 0 Å². The van der Waals surface area contributed by atoms with Gasteiger partial charge in [-0.1, -0.05) is 17.3 Å². The predicted molar refractivity (Wildman–Crippen MR) is 92.6 cm³/mol. The second kappa shape index (κ2) is 7.19. The summed E-state index contributed by atoms with van der Waals surface area (Å²) < 4.78 is 5.18. The highest BCUT2D eigenvalue weighted by molar-refractivity contribution is 7.98. The monoisotopic (exact) mass is 333 g/mol. The molecule has 23 heavy (non-hydrogen) atoms. The minimum absolute atomic E-state index is 0.106. The number of aromatic nitrogens is 1. The first kappa shape index (κ1) is 17.6. The number of rotatable bonds is 6. The van der Waals surface area contributed by atoms with Gasteiger partial charge in [0.05, 0.1) is 11.3 Å². The van der Waals surface area contributed by atoms with Gasteiger partial charge in [-0.25, -0.2) is 0 Å². The van der Waals surface area contributed by atoms with E-state index >= 15 is 0 Å². The molecule has 0 saturated carbocycles. The van der Waals surface area contributed by atoms with Crippen LogP contribution in [-0.2, 0) is 5.75 Å². The van der Waals surface area contributed by atoms with Crippen molar-refractivity contribution in [2.45, 2.75) is 43.9 Å². The van der Waals surface area contributed by atoms with Crippen LogP contribution in [0.1, 0.15) is 41.2 Å². The van der Waals surface area contributed by atoms with Crippen molar-refractivity contribution in [2.75, 3.05) is 6.54 Å². The molecule has 0 radical (unpaired) electrons. The Labute approximate surface area is 141 Å². The molecule has 2 rings (SSSR count). The van der Waals surface area contributed by atoms with Gasteiger partial charge < -0.3 is 15.6 Å². The van der Waals surface area contributed by atoms with Crippen LogP contribution in [0.15, 0.2) is 33.7 Å². The molecule has 6 heteroatoms. The third-order valence-corrected chi connectivity index (χ3v) is 4.49. The van der Waals surface area contributed by atoms with Crippen LogP contribution >= 0.6 is 11.8 Å². The molecule has 0 unspecified atom stereocenters. The van der Waals surface area contributed by atoms with Gasteiger partial charge >= 0.3 is 0 Å². The van der Waals surface area contributed by atoms with Gasteiger partial charge in [-0.2, -0.15) is 0 Å². The van der Waals surface area contributed by atoms with E-state index in [1.54, 1.807) is 11.8 Å². The topological polar surface area (TPSA) is 81.2 Å². The lowest BCUT2D eigenvalue weighted by molar-refractivity contribution is 0.0943. The largest absolute Gasteiger partial charge is 0.361 e. The van der Waals surface area contributed by atoms with E-state index in [2.05, 4.69) is 10.5 Å². The minimum atomic E-state index is -0.436. The molecular weight excluding hydrogens is 310 g/mol. The van der Waals surface area contributed by atoms with Crippen molar-refractivity contribution in [2.24, 2.45) is 5.73 Å². The summed E-state index contributed by atoms with van der Waals surface area (Å²) in [5.41, 5.74) is 8.11. The van der Waals surface area contributed by atoms with Crippen LogP contribution in [0.25, 0.3) is 0 Å². The summed E-state index contributed by atoms with van der Waals surface area (Å²) in [6, 6.07) is 7.57. The zero-order chi connectivity index (χ0) is 17.0. The van der Waals surface area contributed by atoms with Crippen molar-refractivity contribution in [1.29, 1.82) is 0 Å². The van der Waals surface area contributed by atoms with Gasteiger partial charge in [0.15, 0.2) is 0 Å². The molecule has 0 aliphatic carbocycles. The van der Waals surface area contributed by atoms with Crippen molar-refractivity contribution in [3.63, 3.8) is 0 Å². The molecule has 1 aromatic heterocycles. The first-order chi connectivity index (χ1) is 10.8. The first-order valence-corrected chi connectivity index (χ1v) is 8.47. The Morgan fingerprint density at radius 2 is 2.04 bits per heavy atom. The number of thioether (sulfide) groups is 1. The molecule has 0 bridgehead atoms. The molecule has 124 valence electrons. The van der Waals surface area contributed by atoms with E-state index in [0.29, 0.717) is 17.9 Å². The fourth-order valence-electron chi connectivity index (χ4n) is 2.04. The number of hydrogen-bond donors (Lipinski definition) is 2. The number of benzene rings is 1. The average molecular weight is 333 g/mol. The highest BCUT2D eigenvalue weighted by atomic mass is 32.2. The van der Waals surface area contributed by atoms with Crippen LogP contribution in [-0.4, -0.2) is 23.1 Å². The molecule has 5 nitrogen and oxygen atoms in total. The van der Waals surface area contributed by atoms with Crippen LogP contribution in [0.2, 0.25) is 0 Å². The second-order valence-electron chi connectivity index (χ2n) is 6.26. The molecule has 1 heterocycles. The summed E-state index contributed by atoms with van der Waals surface area (Å²) in [4.78, 5) is 13.3. The highest BCUT2D eigenvalue weighted by Gasteiger charge is 2.17. The fourth-order valence-corrected chi connectivity index (χ4v) is 3.24. The third kappa shape index (κ3) is 4.84. The zero-order valence-corrected chi connectivity index (χ0v) is 14.8. The summed E-state index contributed by atoms with van der Waals surface area (Å²) in [6.07, 6.45) is 0. The summed E-state index contributed by atoms with van der Waals surface area (Å²) in [5.74, 6) is 1.43. The molecular formula is C17H23N3O2S. The lowest BCUT2D eigenvalue weighted by Gasteiger charge is -2.19. The van der Waals surface area contributed by atoms with E-state index < -0.39 is 5.54 Å². The van der Waals surface area contributed by atoms with Gasteiger partial charge in [-0.05, 0) is 39.8 Å². The Bertz CT molecular complexity index is 670. The van der Waals surface area contributed by atoms with Crippen LogP contribution < -0.4 is 11.1 Å². The van der Waals surface area contributed by atoms with Gasteiger partial charge in [0.1, 0.15) is 5.76 Å². The summed E-state index contributed by atoms with van der Waals surface area (Å²) >= 11 is 1.60. The Morgan fingerprint density at radius 3 is 2.65 bits per heavy atom. The maximum atomic E-state index is 12.4. The molecule has 3 N–H and O–H groups in total. The molecule has 1 aromatic carbocycles. The van der Waals surface area contributed by atoms with Crippen molar-refractivity contribution >= 4 is 17.7 Å². The van der Waals surface area contributed by atoms with Crippen molar-refractivity contribution in [1.82, 2.24) is 10.5 Å². The maximum Gasteiger partial charge on any atom is 0.252 e. The first-order valence-electron chi connectivity index (χ1n) is 7.48. The Kier molecular flexibility index (Phi) is 5.49. The fraction of sp³-hybridized carbons (Fsp3) is 0.412. The summed E-state index contributed by atoms with van der Waals surface area (Å²) in [5, 5.41) is 6.85. The van der Waals surface area contributed by atoms with Gasteiger partial charge in [0.2, 0.25) is 0 Å². The number of aryl methyl sites for hydroxylation is 2. The lowest BCUT2D eigenvalue weighted by atomic mass is 10.1. The lowest BCUT2D eigenvalue weighted by Crippen LogP contribution is -2.45. The molecule has 1 amide bonds. The van der Waals surface area contributed by atoms with Gasteiger partial charge in [0, 0.05) is 28.3 Å². The minimum Gasteiger partial charge on any atom is -0.361 e. The van der Waals surface area contributed by atoms with Crippen molar-refractivity contribution in [3.05, 3.63) is 46.8 Å². The second-order valence-corrected chi connectivity index (χ2v) is 7.28. The number of carbonyl (C=O) groups is 1. The van der Waals surface area contributed by atoms with E-state index in [0.717, 1.165) is 21.9 Å². The number of nitrogens with two attached hydrogens (primary N) is 1. The molecule has 2 aromatic rings. The normalized spacial score (nSPS) is 11.5. The quantitative estimate of drug-likeness (QED) is 0.794. The molecule has 0 fully saturated rings. The SMILES string of the molecule is Cc1noc(C)c1CSc1ccccc1C(=O)NCC(C)(C)N. The summed E-state index contributed by atoms with van der Waals surface area (Å²) in [7, 11) is 0.